The molecule has 0 radical (unpaired) electrons. The predicted molar refractivity (Wildman–Crippen MR) is 109 cm³/mol. The summed E-state index contributed by atoms with van der Waals surface area (Å²) in [5.41, 5.74) is 1.08. The van der Waals surface area contributed by atoms with Crippen LogP contribution in [-0.4, -0.2) is 31.5 Å². The van der Waals surface area contributed by atoms with E-state index in [2.05, 4.69) is 0 Å². The molecule has 2 aromatic carbocycles. The van der Waals surface area contributed by atoms with E-state index < -0.39 is 19.3 Å². The van der Waals surface area contributed by atoms with Crippen molar-refractivity contribution < 1.29 is 19.1 Å². The fourth-order valence-electron chi connectivity index (χ4n) is 2.98. The van der Waals surface area contributed by atoms with E-state index in [1.807, 2.05) is 60.7 Å². The average Bonchev–Trinajstić information content (AvgIpc) is 2.61. The molecule has 0 unspecified atom stereocenters. The molecule has 0 aliphatic heterocycles. The first-order valence-electron chi connectivity index (χ1n) is 9.33. The SMILES string of the molecule is CC(C)OC(=O)[Si](Cc1ccccc1)(Cc1ccccc1)C(=O)OC(C)C. The quantitative estimate of drug-likeness (QED) is 0.583. The number of hydrogen-bond acceptors (Lipinski definition) is 4. The molecule has 0 saturated carbocycles. The largest absolute Gasteiger partial charge is 0.467 e. The number of rotatable bonds is 8. The van der Waals surface area contributed by atoms with Crippen LogP contribution in [0.25, 0.3) is 0 Å². The second-order valence-electron chi connectivity index (χ2n) is 7.31. The molecule has 0 aromatic heterocycles. The summed E-state index contributed by atoms with van der Waals surface area (Å²) < 4.78 is 11.2. The van der Waals surface area contributed by atoms with Gasteiger partial charge < -0.3 is 9.47 Å². The maximum absolute atomic E-state index is 13.2. The zero-order valence-electron chi connectivity index (χ0n) is 16.5. The van der Waals surface area contributed by atoms with Crippen LogP contribution in [-0.2, 0) is 21.6 Å². The van der Waals surface area contributed by atoms with Gasteiger partial charge in [0.25, 0.3) is 11.2 Å². The van der Waals surface area contributed by atoms with E-state index in [9.17, 15) is 9.59 Å². The molecule has 0 aliphatic rings. The van der Waals surface area contributed by atoms with E-state index in [1.54, 1.807) is 27.7 Å². The van der Waals surface area contributed by atoms with Crippen LogP contribution in [0.2, 0.25) is 0 Å². The van der Waals surface area contributed by atoms with Crippen molar-refractivity contribution in [1.29, 1.82) is 0 Å². The molecule has 4 nitrogen and oxygen atoms in total. The number of carbonyl (C=O) groups excluding carboxylic acids is 2. The van der Waals surface area contributed by atoms with Gasteiger partial charge >= 0.3 is 8.07 Å². The minimum atomic E-state index is -3.33. The smallest absolute Gasteiger partial charge is 0.320 e. The van der Waals surface area contributed by atoms with Crippen molar-refractivity contribution in [2.75, 3.05) is 0 Å². The van der Waals surface area contributed by atoms with E-state index in [1.165, 1.54) is 0 Å². The van der Waals surface area contributed by atoms with E-state index >= 15 is 0 Å². The highest BCUT2D eigenvalue weighted by Gasteiger charge is 2.53. The lowest BCUT2D eigenvalue weighted by molar-refractivity contribution is 0.128. The summed E-state index contributed by atoms with van der Waals surface area (Å²) in [5.74, 6) is 0. The van der Waals surface area contributed by atoms with Gasteiger partial charge in [-0.05, 0) is 50.9 Å². The normalized spacial score (nSPS) is 11.5. The maximum Gasteiger partial charge on any atom is 0.320 e. The first-order valence-corrected chi connectivity index (χ1v) is 11.7. The molecule has 2 rings (SSSR count). The van der Waals surface area contributed by atoms with E-state index in [-0.39, 0.29) is 12.2 Å². The molecule has 5 heteroatoms. The Morgan fingerprint density at radius 1 is 0.704 bits per heavy atom. The molecule has 0 atom stereocenters. The highest BCUT2D eigenvalue weighted by atomic mass is 28.3. The molecule has 0 aliphatic carbocycles. The Kier molecular flexibility index (Phi) is 7.36. The van der Waals surface area contributed by atoms with E-state index in [0.717, 1.165) is 11.1 Å². The first-order chi connectivity index (χ1) is 12.8. The summed E-state index contributed by atoms with van der Waals surface area (Å²) in [6, 6.07) is 20.0. The molecule has 0 spiro atoms. The topological polar surface area (TPSA) is 52.6 Å². The standard InChI is InChI=1S/C22H28O4Si/c1-17(2)25-21(23)27(22(24)26-18(3)4,15-19-11-7-5-8-12-19)16-20-13-9-6-10-14-20/h5-14,17-18H,15-16H2,1-4H3. The molecule has 27 heavy (non-hydrogen) atoms. The molecule has 2 aromatic rings. The Hall–Kier alpha value is -2.40. The van der Waals surface area contributed by atoms with Crippen LogP contribution >= 0.6 is 0 Å². The summed E-state index contributed by atoms with van der Waals surface area (Å²) in [6.45, 7) is 7.21. The third kappa shape index (κ3) is 5.79. The summed E-state index contributed by atoms with van der Waals surface area (Å²) in [5, 5.41) is 0. The Labute approximate surface area is 162 Å². The van der Waals surface area contributed by atoms with Crippen LogP contribution in [0.1, 0.15) is 38.8 Å². The average molecular weight is 385 g/mol. The van der Waals surface area contributed by atoms with Gasteiger partial charge in [0.15, 0.2) is 0 Å². The molecular formula is C22H28O4Si. The van der Waals surface area contributed by atoms with Gasteiger partial charge in [0, 0.05) is 0 Å². The van der Waals surface area contributed by atoms with Gasteiger partial charge in [0.1, 0.15) is 0 Å². The third-order valence-corrected chi connectivity index (χ3v) is 7.99. The van der Waals surface area contributed by atoms with Gasteiger partial charge in [-0.2, -0.15) is 0 Å². The van der Waals surface area contributed by atoms with Gasteiger partial charge in [-0.15, -0.1) is 0 Å². The number of hydrogen-bond donors (Lipinski definition) is 0. The van der Waals surface area contributed by atoms with Crippen molar-refractivity contribution >= 4 is 19.3 Å². The highest BCUT2D eigenvalue weighted by molar-refractivity contribution is 7.22. The Morgan fingerprint density at radius 3 is 1.33 bits per heavy atom. The lowest BCUT2D eigenvalue weighted by Crippen LogP contribution is -2.58. The van der Waals surface area contributed by atoms with Crippen molar-refractivity contribution in [3.63, 3.8) is 0 Å². The summed E-state index contributed by atoms with van der Waals surface area (Å²) in [4.78, 5) is 26.5. The van der Waals surface area contributed by atoms with Crippen molar-refractivity contribution in [3.05, 3.63) is 71.8 Å². The monoisotopic (exact) mass is 384 g/mol. The van der Waals surface area contributed by atoms with Gasteiger partial charge in [-0.25, -0.2) is 0 Å². The van der Waals surface area contributed by atoms with Gasteiger partial charge in [-0.3, -0.25) is 9.59 Å². The number of benzene rings is 2. The predicted octanol–water partition coefficient (Wildman–Crippen LogP) is 5.25. The number of ether oxygens (including phenoxy) is 2. The van der Waals surface area contributed by atoms with Crippen LogP contribution in [0.15, 0.2) is 60.7 Å². The van der Waals surface area contributed by atoms with Crippen molar-refractivity contribution in [2.45, 2.75) is 52.0 Å². The molecule has 0 bridgehead atoms. The molecule has 0 N–H and O–H groups in total. The van der Waals surface area contributed by atoms with Crippen molar-refractivity contribution in [2.24, 2.45) is 0 Å². The Balaban J connectivity index is 2.51. The second kappa shape index (κ2) is 9.51. The molecule has 0 heterocycles. The van der Waals surface area contributed by atoms with Crippen LogP contribution in [0.3, 0.4) is 0 Å². The fourth-order valence-corrected chi connectivity index (χ4v) is 6.63. The van der Waals surface area contributed by atoms with Crippen LogP contribution in [0.5, 0.6) is 0 Å². The minimum Gasteiger partial charge on any atom is -0.467 e. The highest BCUT2D eigenvalue weighted by Crippen LogP contribution is 2.24. The van der Waals surface area contributed by atoms with Crippen LogP contribution in [0, 0.1) is 0 Å². The Bertz CT molecular complexity index is 676. The van der Waals surface area contributed by atoms with Crippen LogP contribution < -0.4 is 0 Å². The Morgan fingerprint density at radius 2 is 1.04 bits per heavy atom. The van der Waals surface area contributed by atoms with Crippen molar-refractivity contribution in [3.8, 4) is 0 Å². The van der Waals surface area contributed by atoms with Gasteiger partial charge in [0.05, 0.1) is 12.2 Å². The molecule has 144 valence electrons. The van der Waals surface area contributed by atoms with Gasteiger partial charge in [-0.1, -0.05) is 60.7 Å². The molecule has 0 amide bonds. The molecular weight excluding hydrogens is 356 g/mol. The summed E-state index contributed by atoms with van der Waals surface area (Å²) >= 11 is 0. The summed E-state index contributed by atoms with van der Waals surface area (Å²) in [6.07, 6.45) is -0.578. The summed E-state index contributed by atoms with van der Waals surface area (Å²) in [7, 11) is -3.33. The molecule has 0 saturated heterocycles. The number of carbonyl (C=O) groups is 2. The zero-order valence-corrected chi connectivity index (χ0v) is 17.5. The molecule has 0 fully saturated rings. The lowest BCUT2D eigenvalue weighted by atomic mass is 10.2. The van der Waals surface area contributed by atoms with Crippen molar-refractivity contribution in [1.82, 2.24) is 0 Å². The van der Waals surface area contributed by atoms with E-state index in [4.69, 9.17) is 9.47 Å². The fraction of sp³-hybridized carbons (Fsp3) is 0.364. The minimum absolute atomic E-state index is 0.289. The van der Waals surface area contributed by atoms with E-state index in [0.29, 0.717) is 12.1 Å². The lowest BCUT2D eigenvalue weighted by Gasteiger charge is -2.29. The second-order valence-corrected chi connectivity index (χ2v) is 11.0. The zero-order chi connectivity index (χ0) is 19.9. The van der Waals surface area contributed by atoms with Gasteiger partial charge in [0.2, 0.25) is 0 Å². The van der Waals surface area contributed by atoms with Crippen LogP contribution in [0.4, 0.5) is 9.59 Å². The first kappa shape index (κ1) is 20.9. The maximum atomic E-state index is 13.2. The third-order valence-electron chi connectivity index (χ3n) is 4.16.